The van der Waals surface area contributed by atoms with Gasteiger partial charge in [0, 0.05) is 49.9 Å². The summed E-state index contributed by atoms with van der Waals surface area (Å²) in [6.45, 7) is 4.27. The van der Waals surface area contributed by atoms with Crippen LogP contribution in [0.1, 0.15) is 27.9 Å². The predicted octanol–water partition coefficient (Wildman–Crippen LogP) is 2.82. The summed E-state index contributed by atoms with van der Waals surface area (Å²) >= 11 is 0. The number of halogens is 3. The minimum Gasteiger partial charge on any atom is -0.475 e. The molecule has 3 heterocycles. The molecule has 2 N–H and O–H groups in total. The maximum Gasteiger partial charge on any atom is 0.490 e. The summed E-state index contributed by atoms with van der Waals surface area (Å²) in [5.74, 6) is -2.32. The largest absolute Gasteiger partial charge is 0.490 e. The molecule has 2 aliphatic rings. The number of likely N-dealkylation sites (tertiary alicyclic amines) is 1. The van der Waals surface area contributed by atoms with E-state index in [4.69, 9.17) is 14.6 Å². The molecule has 11 heteroatoms. The molecular formula is C24H26F3N3O5. The molecular weight excluding hydrogens is 467 g/mol. The number of aryl methyl sites for hydroxylation is 1. The fraction of sp³-hybridized carbons (Fsp3) is 0.417. The third-order valence-electron chi connectivity index (χ3n) is 6.00. The zero-order chi connectivity index (χ0) is 25.6. The Balaban J connectivity index is 0.000000429. The molecule has 0 bridgehead atoms. The Morgan fingerprint density at radius 1 is 1.17 bits per heavy atom. The van der Waals surface area contributed by atoms with Gasteiger partial charge in [-0.05, 0) is 36.1 Å². The molecule has 0 spiro atoms. The van der Waals surface area contributed by atoms with Crippen molar-refractivity contribution >= 4 is 17.8 Å². The van der Waals surface area contributed by atoms with Gasteiger partial charge in [-0.3, -0.25) is 14.6 Å². The third kappa shape index (κ3) is 7.01. The predicted molar refractivity (Wildman–Crippen MR) is 118 cm³/mol. The third-order valence-corrected chi connectivity index (χ3v) is 6.00. The Morgan fingerprint density at radius 2 is 1.89 bits per heavy atom. The van der Waals surface area contributed by atoms with E-state index < -0.39 is 12.1 Å². The van der Waals surface area contributed by atoms with Crippen LogP contribution in [0.15, 0.2) is 48.8 Å². The van der Waals surface area contributed by atoms with Crippen LogP contribution in [0.2, 0.25) is 0 Å². The molecule has 1 aromatic carbocycles. The first-order valence-corrected chi connectivity index (χ1v) is 11.0. The van der Waals surface area contributed by atoms with Crippen LogP contribution in [0, 0.1) is 18.8 Å². The Kier molecular flexibility index (Phi) is 8.44. The first kappa shape index (κ1) is 26.1. The molecule has 1 aromatic heterocycles. The summed E-state index contributed by atoms with van der Waals surface area (Å²) in [6.07, 6.45) is -1.16. The monoisotopic (exact) mass is 493 g/mol. The van der Waals surface area contributed by atoms with E-state index in [9.17, 15) is 22.8 Å². The van der Waals surface area contributed by atoms with Crippen LogP contribution in [0.25, 0.3) is 0 Å². The Hall–Kier alpha value is -3.47. The molecule has 0 unspecified atom stereocenters. The SMILES string of the molecule is Cc1ccccc1C(=O)N1C[C@@H]2[C@H](CC(=O)NCc3cccnc3)CO[C@@H]2C1.O=C(O)C(F)(F)F. The van der Waals surface area contributed by atoms with E-state index in [0.717, 1.165) is 16.7 Å². The van der Waals surface area contributed by atoms with E-state index >= 15 is 0 Å². The van der Waals surface area contributed by atoms with E-state index in [1.165, 1.54) is 0 Å². The van der Waals surface area contributed by atoms with Gasteiger partial charge >= 0.3 is 12.1 Å². The Morgan fingerprint density at radius 3 is 2.51 bits per heavy atom. The fourth-order valence-electron chi connectivity index (χ4n) is 4.17. The first-order chi connectivity index (χ1) is 16.6. The molecule has 2 aromatic rings. The molecule has 0 aliphatic carbocycles. The maximum absolute atomic E-state index is 12.9. The minimum absolute atomic E-state index is 0.0155. The lowest BCUT2D eigenvalue weighted by atomic mass is 9.90. The van der Waals surface area contributed by atoms with Crippen molar-refractivity contribution in [2.24, 2.45) is 11.8 Å². The number of carboxylic acids is 1. The number of rotatable bonds is 5. The maximum atomic E-state index is 12.9. The first-order valence-electron chi connectivity index (χ1n) is 11.0. The van der Waals surface area contributed by atoms with Gasteiger partial charge in [0.1, 0.15) is 0 Å². The van der Waals surface area contributed by atoms with Gasteiger partial charge in [0.25, 0.3) is 5.91 Å². The number of nitrogens with zero attached hydrogens (tertiary/aromatic N) is 2. The van der Waals surface area contributed by atoms with Crippen LogP contribution >= 0.6 is 0 Å². The van der Waals surface area contributed by atoms with Crippen molar-refractivity contribution in [2.75, 3.05) is 19.7 Å². The average Bonchev–Trinajstić information content (AvgIpc) is 3.40. The van der Waals surface area contributed by atoms with Gasteiger partial charge in [-0.25, -0.2) is 4.79 Å². The second-order valence-corrected chi connectivity index (χ2v) is 8.47. The summed E-state index contributed by atoms with van der Waals surface area (Å²) in [6, 6.07) is 11.5. The second kappa shape index (κ2) is 11.3. The molecule has 0 saturated carbocycles. The molecule has 2 saturated heterocycles. The average molecular weight is 493 g/mol. The lowest BCUT2D eigenvalue weighted by Gasteiger charge is -2.20. The normalized spacial score (nSPS) is 21.0. The Labute approximate surface area is 200 Å². The summed E-state index contributed by atoms with van der Waals surface area (Å²) in [7, 11) is 0. The highest BCUT2D eigenvalue weighted by Gasteiger charge is 2.45. The highest BCUT2D eigenvalue weighted by molar-refractivity contribution is 5.95. The van der Waals surface area contributed by atoms with E-state index in [0.29, 0.717) is 32.7 Å². The van der Waals surface area contributed by atoms with Crippen molar-refractivity contribution in [1.29, 1.82) is 0 Å². The number of ether oxygens (including phenoxy) is 1. The minimum atomic E-state index is -5.08. The molecule has 0 radical (unpaired) electrons. The van der Waals surface area contributed by atoms with Crippen molar-refractivity contribution in [3.8, 4) is 0 Å². The molecule has 3 atom stereocenters. The number of fused-ring (bicyclic) bond motifs is 1. The van der Waals surface area contributed by atoms with E-state index in [1.807, 2.05) is 48.2 Å². The molecule has 2 fully saturated rings. The number of carbonyl (C=O) groups is 3. The molecule has 8 nitrogen and oxygen atoms in total. The molecule has 35 heavy (non-hydrogen) atoms. The van der Waals surface area contributed by atoms with Gasteiger partial charge in [-0.2, -0.15) is 13.2 Å². The van der Waals surface area contributed by atoms with Crippen molar-refractivity contribution < 1.29 is 37.4 Å². The van der Waals surface area contributed by atoms with E-state index in [2.05, 4.69) is 10.3 Å². The number of pyridine rings is 1. The number of hydrogen-bond acceptors (Lipinski definition) is 5. The number of amides is 2. The fourth-order valence-corrected chi connectivity index (χ4v) is 4.17. The van der Waals surface area contributed by atoms with Crippen LogP contribution in [-0.4, -0.2) is 64.8 Å². The van der Waals surface area contributed by atoms with Crippen LogP contribution < -0.4 is 5.32 Å². The highest BCUT2D eigenvalue weighted by Crippen LogP contribution is 2.36. The van der Waals surface area contributed by atoms with E-state index in [1.54, 1.807) is 12.4 Å². The van der Waals surface area contributed by atoms with Crippen LogP contribution in [-0.2, 0) is 20.9 Å². The smallest absolute Gasteiger partial charge is 0.475 e. The van der Waals surface area contributed by atoms with Crippen molar-refractivity contribution in [1.82, 2.24) is 15.2 Å². The highest BCUT2D eigenvalue weighted by atomic mass is 19.4. The van der Waals surface area contributed by atoms with Crippen LogP contribution in [0.4, 0.5) is 13.2 Å². The van der Waals surface area contributed by atoms with Crippen LogP contribution in [0.3, 0.4) is 0 Å². The second-order valence-electron chi connectivity index (χ2n) is 8.47. The van der Waals surface area contributed by atoms with Gasteiger partial charge in [0.05, 0.1) is 12.7 Å². The summed E-state index contributed by atoms with van der Waals surface area (Å²) < 4.78 is 37.7. The standard InChI is InChI=1S/C22H25N3O3.C2HF3O2/c1-15-5-2-3-7-18(15)22(27)25-12-19-17(14-28-20(19)13-25)9-21(26)24-11-16-6-4-8-23-10-16;3-2(4,5)1(6)7/h2-8,10,17,19-20H,9,11-14H2,1H3,(H,24,26);(H,6,7)/t17-,19-,20-;/m1./s1. The molecule has 188 valence electrons. The van der Waals surface area contributed by atoms with Gasteiger partial charge in [0.15, 0.2) is 0 Å². The molecule has 2 aliphatic heterocycles. The topological polar surface area (TPSA) is 109 Å². The summed E-state index contributed by atoms with van der Waals surface area (Å²) in [5, 5.41) is 10.1. The zero-order valence-electron chi connectivity index (χ0n) is 19.0. The number of carboxylic acid groups (broad SMARTS) is 1. The van der Waals surface area contributed by atoms with Gasteiger partial charge < -0.3 is 20.1 Å². The summed E-state index contributed by atoms with van der Waals surface area (Å²) in [5.41, 5.74) is 2.71. The number of nitrogens with one attached hydrogen (secondary N) is 1. The number of benzene rings is 1. The van der Waals surface area contributed by atoms with Gasteiger partial charge in [-0.1, -0.05) is 24.3 Å². The molecule has 2 amide bonds. The number of aliphatic carboxylic acids is 1. The lowest BCUT2D eigenvalue weighted by molar-refractivity contribution is -0.192. The van der Waals surface area contributed by atoms with Crippen molar-refractivity contribution in [3.63, 3.8) is 0 Å². The lowest BCUT2D eigenvalue weighted by Crippen LogP contribution is -2.32. The van der Waals surface area contributed by atoms with E-state index in [-0.39, 0.29) is 29.8 Å². The number of hydrogen-bond donors (Lipinski definition) is 2. The van der Waals surface area contributed by atoms with Crippen molar-refractivity contribution in [2.45, 2.75) is 32.2 Å². The summed E-state index contributed by atoms with van der Waals surface area (Å²) in [4.78, 5) is 40.1. The van der Waals surface area contributed by atoms with Gasteiger partial charge in [-0.15, -0.1) is 0 Å². The quantitative estimate of drug-likeness (QED) is 0.663. The number of alkyl halides is 3. The van der Waals surface area contributed by atoms with Gasteiger partial charge in [0.2, 0.25) is 5.91 Å². The molecule has 4 rings (SSSR count). The Bertz CT molecular complexity index is 1050. The number of aromatic nitrogens is 1. The van der Waals surface area contributed by atoms with Crippen molar-refractivity contribution in [3.05, 3.63) is 65.5 Å². The van der Waals surface area contributed by atoms with Crippen LogP contribution in [0.5, 0.6) is 0 Å². The zero-order valence-corrected chi connectivity index (χ0v) is 19.0. The number of carbonyl (C=O) groups excluding carboxylic acids is 2.